The van der Waals surface area contributed by atoms with Crippen molar-refractivity contribution in [2.75, 3.05) is 11.5 Å². The van der Waals surface area contributed by atoms with E-state index in [1.165, 1.54) is 94.1 Å². The molecule has 1 heteroatoms. The van der Waals surface area contributed by atoms with Crippen molar-refractivity contribution in [2.45, 2.75) is 84.0 Å². The van der Waals surface area contributed by atoms with Crippen molar-refractivity contribution in [3.63, 3.8) is 0 Å². The van der Waals surface area contributed by atoms with E-state index in [9.17, 15) is 0 Å². The average Bonchev–Trinajstić information content (AvgIpc) is 2.56. The van der Waals surface area contributed by atoms with E-state index in [1.807, 2.05) is 0 Å². The van der Waals surface area contributed by atoms with Crippen LogP contribution in [0.3, 0.4) is 0 Å². The molecule has 1 aromatic rings. The summed E-state index contributed by atoms with van der Waals surface area (Å²) in [5.74, 6) is 2.66. The third kappa shape index (κ3) is 12.1. The topological polar surface area (TPSA) is 0 Å². The quantitative estimate of drug-likeness (QED) is 0.306. The normalized spacial score (nSPS) is 11.0. The average molecular weight is 321 g/mol. The second-order valence-electron chi connectivity index (χ2n) is 6.32. The zero-order valence-electron chi connectivity index (χ0n) is 14.7. The Morgan fingerprint density at radius 2 is 1.14 bits per heavy atom. The van der Waals surface area contributed by atoms with Crippen LogP contribution in [-0.4, -0.2) is 11.5 Å². The van der Waals surface area contributed by atoms with Gasteiger partial charge in [0.2, 0.25) is 0 Å². The summed E-state index contributed by atoms with van der Waals surface area (Å²) in [5, 5.41) is 0. The Bertz CT molecular complexity index is 320. The number of thioether (sulfide) groups is 1. The summed E-state index contributed by atoms with van der Waals surface area (Å²) in [6.45, 7) is 2.26. The number of aryl methyl sites for hydroxylation is 1. The molecule has 1 aromatic carbocycles. The van der Waals surface area contributed by atoms with Crippen LogP contribution in [0.1, 0.15) is 83.1 Å². The van der Waals surface area contributed by atoms with Crippen LogP contribution in [0.4, 0.5) is 0 Å². The highest BCUT2D eigenvalue weighted by Crippen LogP contribution is 2.13. The molecule has 0 saturated carbocycles. The molecule has 126 valence electrons. The van der Waals surface area contributed by atoms with Crippen LogP contribution in [0.15, 0.2) is 30.3 Å². The van der Waals surface area contributed by atoms with E-state index in [0.717, 1.165) is 0 Å². The summed E-state index contributed by atoms with van der Waals surface area (Å²) in [6, 6.07) is 10.9. The molecular formula is C21H36S. The van der Waals surface area contributed by atoms with E-state index in [4.69, 9.17) is 0 Å². The molecule has 0 aromatic heterocycles. The molecule has 0 nitrogen and oxygen atoms in total. The third-order valence-electron chi connectivity index (χ3n) is 4.30. The molecule has 0 radical (unpaired) electrons. The summed E-state index contributed by atoms with van der Waals surface area (Å²) in [6.07, 6.45) is 17.1. The van der Waals surface area contributed by atoms with E-state index in [2.05, 4.69) is 49.0 Å². The predicted octanol–water partition coefficient (Wildman–Crippen LogP) is 7.27. The standard InChI is InChI=1S/C21H36S/c1-2-22-20-16-11-9-7-5-3-4-6-8-10-13-17-21-18-14-12-15-19-21/h12,14-15,18-19H,2-11,13,16-17,20H2,1H3. The maximum Gasteiger partial charge on any atom is -0.00676 e. The summed E-state index contributed by atoms with van der Waals surface area (Å²) in [7, 11) is 0. The van der Waals surface area contributed by atoms with Gasteiger partial charge in [-0.05, 0) is 36.3 Å². The van der Waals surface area contributed by atoms with E-state index in [-0.39, 0.29) is 0 Å². The molecule has 0 aliphatic rings. The molecular weight excluding hydrogens is 284 g/mol. The lowest BCUT2D eigenvalue weighted by Gasteiger charge is -2.03. The maximum absolute atomic E-state index is 2.26. The Hall–Kier alpha value is -0.430. The molecule has 0 aliphatic carbocycles. The van der Waals surface area contributed by atoms with Gasteiger partial charge in [-0.15, -0.1) is 0 Å². The first-order chi connectivity index (χ1) is 10.9. The lowest BCUT2D eigenvalue weighted by molar-refractivity contribution is 0.550. The number of hydrogen-bond acceptors (Lipinski definition) is 1. The van der Waals surface area contributed by atoms with Gasteiger partial charge >= 0.3 is 0 Å². The molecule has 0 N–H and O–H groups in total. The Morgan fingerprint density at radius 3 is 1.68 bits per heavy atom. The second kappa shape index (κ2) is 15.5. The lowest BCUT2D eigenvalue weighted by Crippen LogP contribution is -1.86. The highest BCUT2D eigenvalue weighted by atomic mass is 32.2. The summed E-state index contributed by atoms with van der Waals surface area (Å²) in [4.78, 5) is 0. The van der Waals surface area contributed by atoms with Gasteiger partial charge in [-0.3, -0.25) is 0 Å². The van der Waals surface area contributed by atoms with Crippen LogP contribution in [-0.2, 0) is 6.42 Å². The highest BCUT2D eigenvalue weighted by Gasteiger charge is 1.95. The van der Waals surface area contributed by atoms with Crippen LogP contribution in [0, 0.1) is 0 Å². The third-order valence-corrected chi connectivity index (χ3v) is 5.29. The molecule has 0 spiro atoms. The highest BCUT2D eigenvalue weighted by molar-refractivity contribution is 7.99. The van der Waals surface area contributed by atoms with Crippen molar-refractivity contribution in [1.29, 1.82) is 0 Å². The Morgan fingerprint density at radius 1 is 0.636 bits per heavy atom. The van der Waals surface area contributed by atoms with Crippen molar-refractivity contribution in [3.8, 4) is 0 Å². The first-order valence-corrected chi connectivity index (χ1v) is 10.7. The zero-order chi connectivity index (χ0) is 15.7. The monoisotopic (exact) mass is 320 g/mol. The minimum atomic E-state index is 1.26. The van der Waals surface area contributed by atoms with Crippen LogP contribution in [0.25, 0.3) is 0 Å². The van der Waals surface area contributed by atoms with Gasteiger partial charge in [-0.2, -0.15) is 11.8 Å². The van der Waals surface area contributed by atoms with E-state index in [0.29, 0.717) is 0 Å². The van der Waals surface area contributed by atoms with Gasteiger partial charge in [-0.25, -0.2) is 0 Å². The fraction of sp³-hybridized carbons (Fsp3) is 0.714. The lowest BCUT2D eigenvalue weighted by atomic mass is 10.0. The largest absolute Gasteiger partial charge is 0.162 e. The number of hydrogen-bond donors (Lipinski definition) is 0. The summed E-state index contributed by atoms with van der Waals surface area (Å²) in [5.41, 5.74) is 1.50. The van der Waals surface area contributed by atoms with Crippen molar-refractivity contribution < 1.29 is 0 Å². The first kappa shape index (κ1) is 19.6. The van der Waals surface area contributed by atoms with Gasteiger partial charge < -0.3 is 0 Å². The van der Waals surface area contributed by atoms with Gasteiger partial charge in [0.15, 0.2) is 0 Å². The van der Waals surface area contributed by atoms with E-state index >= 15 is 0 Å². The van der Waals surface area contributed by atoms with Crippen molar-refractivity contribution >= 4 is 11.8 Å². The van der Waals surface area contributed by atoms with Crippen molar-refractivity contribution in [3.05, 3.63) is 35.9 Å². The molecule has 0 unspecified atom stereocenters. The molecule has 0 aliphatic heterocycles. The molecule has 0 saturated heterocycles. The smallest absolute Gasteiger partial charge is 0.00676 e. The summed E-state index contributed by atoms with van der Waals surface area (Å²) >= 11 is 2.09. The van der Waals surface area contributed by atoms with Crippen LogP contribution in [0.5, 0.6) is 0 Å². The molecule has 0 bridgehead atoms. The van der Waals surface area contributed by atoms with Gasteiger partial charge in [0.25, 0.3) is 0 Å². The van der Waals surface area contributed by atoms with Crippen molar-refractivity contribution in [2.24, 2.45) is 0 Å². The number of unbranched alkanes of at least 4 members (excludes halogenated alkanes) is 10. The Labute approximate surface area is 143 Å². The molecule has 0 atom stereocenters. The molecule has 22 heavy (non-hydrogen) atoms. The van der Waals surface area contributed by atoms with Gasteiger partial charge in [0, 0.05) is 0 Å². The minimum absolute atomic E-state index is 1.26. The van der Waals surface area contributed by atoms with Crippen LogP contribution in [0.2, 0.25) is 0 Å². The van der Waals surface area contributed by atoms with E-state index < -0.39 is 0 Å². The SMILES string of the molecule is CCSCCCCCCCCCCCCCc1ccccc1. The first-order valence-electron chi connectivity index (χ1n) is 9.55. The van der Waals surface area contributed by atoms with Gasteiger partial charge in [-0.1, -0.05) is 95.0 Å². The maximum atomic E-state index is 2.26. The second-order valence-corrected chi connectivity index (χ2v) is 7.72. The fourth-order valence-electron chi connectivity index (χ4n) is 2.91. The number of rotatable bonds is 15. The van der Waals surface area contributed by atoms with Crippen LogP contribution >= 0.6 is 11.8 Å². The van der Waals surface area contributed by atoms with E-state index in [1.54, 1.807) is 0 Å². The molecule has 0 amide bonds. The fourth-order valence-corrected chi connectivity index (χ4v) is 3.61. The number of benzene rings is 1. The van der Waals surface area contributed by atoms with Crippen LogP contribution < -0.4 is 0 Å². The van der Waals surface area contributed by atoms with Gasteiger partial charge in [0.05, 0.1) is 0 Å². The summed E-state index contributed by atoms with van der Waals surface area (Å²) < 4.78 is 0. The predicted molar refractivity (Wildman–Crippen MR) is 104 cm³/mol. The Balaban J connectivity index is 1.73. The Kier molecular flexibility index (Phi) is 13.8. The minimum Gasteiger partial charge on any atom is -0.162 e. The van der Waals surface area contributed by atoms with Crippen molar-refractivity contribution in [1.82, 2.24) is 0 Å². The zero-order valence-corrected chi connectivity index (χ0v) is 15.5. The molecule has 0 heterocycles. The molecule has 0 fully saturated rings. The van der Waals surface area contributed by atoms with Gasteiger partial charge in [0.1, 0.15) is 0 Å². The molecule has 1 rings (SSSR count).